The second-order valence-corrected chi connectivity index (χ2v) is 14.6. The van der Waals surface area contributed by atoms with Crippen molar-refractivity contribution < 1.29 is 9.53 Å². The summed E-state index contributed by atoms with van der Waals surface area (Å²) in [5.41, 5.74) is 6.34. The summed E-state index contributed by atoms with van der Waals surface area (Å²) in [4.78, 5) is 22.6. The molecule has 0 amide bonds. The largest absolute Gasteiger partial charge is 0.465 e. The van der Waals surface area contributed by atoms with Crippen molar-refractivity contribution in [1.82, 2.24) is 34.3 Å². The number of hydrogen-bond donors (Lipinski definition) is 1. The number of methoxy groups -OCH3 is 1. The lowest BCUT2D eigenvalue weighted by Crippen LogP contribution is -2.48. The van der Waals surface area contributed by atoms with Gasteiger partial charge in [-0.3, -0.25) is 9.08 Å². The van der Waals surface area contributed by atoms with Crippen LogP contribution in [0.2, 0.25) is 0 Å². The van der Waals surface area contributed by atoms with Gasteiger partial charge in [0, 0.05) is 29.6 Å². The molecular weight excluding hydrogens is 597 g/mol. The Balaban J connectivity index is 1.02. The Kier molecular flexibility index (Phi) is 6.28. The lowest BCUT2D eigenvalue weighted by Gasteiger charge is -2.56. The van der Waals surface area contributed by atoms with Crippen molar-refractivity contribution >= 4 is 44.1 Å². The Morgan fingerprint density at radius 2 is 1.78 bits per heavy atom. The first-order valence-electron chi connectivity index (χ1n) is 16.0. The second kappa shape index (κ2) is 10.4. The third-order valence-corrected chi connectivity index (χ3v) is 11.5. The number of aromatic nitrogens is 7. The molecule has 4 aliphatic rings. The molecule has 1 aromatic carbocycles. The molecule has 4 saturated carbocycles. The van der Waals surface area contributed by atoms with E-state index in [0.717, 1.165) is 62.2 Å². The number of carbonyl (C=O) groups is 1. The summed E-state index contributed by atoms with van der Waals surface area (Å²) >= 11 is 1.56. The van der Waals surface area contributed by atoms with E-state index >= 15 is 0 Å². The number of ether oxygens (including phenoxy) is 1. The number of imidazole rings is 1. The van der Waals surface area contributed by atoms with Crippen molar-refractivity contribution in [2.45, 2.75) is 52.0 Å². The van der Waals surface area contributed by atoms with Crippen LogP contribution in [0.5, 0.6) is 0 Å². The minimum Gasteiger partial charge on any atom is -0.465 e. The maximum atomic E-state index is 13.3. The van der Waals surface area contributed by atoms with Gasteiger partial charge in [-0.1, -0.05) is 23.5 Å². The molecule has 0 spiro atoms. The molecule has 1 N–H and O–H groups in total. The molecule has 4 fully saturated rings. The number of nitrogens with zero attached hydrogens (tertiary/aromatic N) is 7. The van der Waals surface area contributed by atoms with Gasteiger partial charge >= 0.3 is 5.97 Å². The summed E-state index contributed by atoms with van der Waals surface area (Å²) in [6, 6.07) is 13.7. The molecule has 6 aromatic rings. The van der Waals surface area contributed by atoms with Crippen LogP contribution in [0.3, 0.4) is 0 Å². The Bertz CT molecular complexity index is 2060. The van der Waals surface area contributed by atoms with Crippen LogP contribution in [0.15, 0.2) is 61.1 Å². The highest BCUT2D eigenvalue weighted by atomic mass is 32.1. The molecule has 11 heteroatoms. The predicted molar refractivity (Wildman–Crippen MR) is 177 cm³/mol. The molecule has 0 saturated heterocycles. The van der Waals surface area contributed by atoms with Crippen LogP contribution in [0.4, 0.5) is 10.9 Å². The number of esters is 1. The smallest absolute Gasteiger partial charge is 0.342 e. The molecule has 10 rings (SSSR count). The number of hydrogen-bond acceptors (Lipinski definition) is 9. The topological polar surface area (TPSA) is 112 Å². The van der Waals surface area contributed by atoms with Gasteiger partial charge < -0.3 is 10.1 Å². The van der Waals surface area contributed by atoms with E-state index in [1.165, 1.54) is 45.6 Å². The van der Waals surface area contributed by atoms with Crippen LogP contribution in [0, 0.1) is 30.1 Å². The highest BCUT2D eigenvalue weighted by molar-refractivity contribution is 7.22. The van der Waals surface area contributed by atoms with E-state index in [1.54, 1.807) is 17.5 Å². The average Bonchev–Trinajstić information content (AvgIpc) is 3.76. The van der Waals surface area contributed by atoms with Crippen LogP contribution >= 0.6 is 11.3 Å². The van der Waals surface area contributed by atoms with Gasteiger partial charge in [0.1, 0.15) is 11.3 Å². The van der Waals surface area contributed by atoms with Crippen LogP contribution in [-0.4, -0.2) is 47.4 Å². The van der Waals surface area contributed by atoms with Crippen LogP contribution in [-0.2, 0) is 11.3 Å². The normalized spacial score (nSPS) is 23.4. The first-order chi connectivity index (χ1) is 22.4. The van der Waals surface area contributed by atoms with E-state index in [2.05, 4.69) is 32.1 Å². The number of nitrogens with one attached hydrogen (secondary N) is 1. The van der Waals surface area contributed by atoms with Crippen molar-refractivity contribution in [2.24, 2.45) is 23.2 Å². The van der Waals surface area contributed by atoms with E-state index in [0.29, 0.717) is 28.1 Å². The van der Waals surface area contributed by atoms with E-state index in [1.807, 2.05) is 59.3 Å². The third-order valence-electron chi connectivity index (χ3n) is 10.6. The van der Waals surface area contributed by atoms with Gasteiger partial charge in [0.15, 0.2) is 16.6 Å². The van der Waals surface area contributed by atoms with Gasteiger partial charge in [0.2, 0.25) is 0 Å². The zero-order chi connectivity index (χ0) is 31.0. The number of fused-ring (bicyclic) bond motifs is 2. The number of anilines is 2. The summed E-state index contributed by atoms with van der Waals surface area (Å²) in [5, 5.41) is 17.8. The van der Waals surface area contributed by atoms with Gasteiger partial charge in [0.05, 0.1) is 35.4 Å². The summed E-state index contributed by atoms with van der Waals surface area (Å²) in [5.74, 6) is 2.82. The Morgan fingerprint density at radius 3 is 2.50 bits per heavy atom. The Labute approximate surface area is 269 Å². The first-order valence-corrected chi connectivity index (χ1v) is 16.8. The van der Waals surface area contributed by atoms with Gasteiger partial charge in [0.25, 0.3) is 0 Å². The first kappa shape index (κ1) is 27.7. The molecule has 0 aliphatic heterocycles. The van der Waals surface area contributed by atoms with Crippen molar-refractivity contribution in [3.63, 3.8) is 0 Å². The number of thiazole rings is 1. The van der Waals surface area contributed by atoms with Crippen molar-refractivity contribution in [3.05, 3.63) is 72.3 Å². The monoisotopic (exact) mass is 630 g/mol. The third kappa shape index (κ3) is 4.51. The van der Waals surface area contributed by atoms with Crippen molar-refractivity contribution in [2.75, 3.05) is 12.4 Å². The van der Waals surface area contributed by atoms with E-state index < -0.39 is 5.97 Å². The summed E-state index contributed by atoms with van der Waals surface area (Å²) in [6.45, 7) is 3.07. The second-order valence-electron chi connectivity index (χ2n) is 13.6. The van der Waals surface area contributed by atoms with E-state index in [9.17, 15) is 4.79 Å². The highest BCUT2D eigenvalue weighted by Crippen LogP contribution is 2.60. The average molecular weight is 631 g/mol. The number of benzene rings is 1. The number of carbonyl (C=O) groups excluding carboxylic acids is 1. The lowest BCUT2D eigenvalue weighted by atomic mass is 9.49. The highest BCUT2D eigenvalue weighted by Gasteiger charge is 2.51. The molecule has 232 valence electrons. The molecule has 5 heterocycles. The summed E-state index contributed by atoms with van der Waals surface area (Å²) < 4.78 is 10.5. The molecule has 0 unspecified atom stereocenters. The molecule has 10 nitrogen and oxygen atoms in total. The predicted octanol–water partition coefficient (Wildman–Crippen LogP) is 7.32. The maximum Gasteiger partial charge on any atom is 0.342 e. The van der Waals surface area contributed by atoms with E-state index in [4.69, 9.17) is 14.8 Å². The zero-order valence-corrected chi connectivity index (χ0v) is 26.6. The van der Waals surface area contributed by atoms with Crippen LogP contribution in [0.1, 0.15) is 54.6 Å². The molecule has 5 aromatic heterocycles. The SMILES string of the molecule is COC(=O)c1c(-c2cnn(CC34CC5CC(CC(C5)C3)C4)c2C)ccn2c(-c3ccc(Nc4nc5ccccc5s4)nn3)cnc12. The zero-order valence-electron chi connectivity index (χ0n) is 25.8. The molecule has 0 atom stereocenters. The minimum absolute atomic E-state index is 0.358. The fraction of sp³-hybridized carbons (Fsp3) is 0.371. The van der Waals surface area contributed by atoms with Gasteiger partial charge in [-0.05, 0) is 98.9 Å². The number of rotatable bonds is 7. The fourth-order valence-electron chi connectivity index (χ4n) is 9.01. The van der Waals surface area contributed by atoms with Crippen molar-refractivity contribution in [1.29, 1.82) is 0 Å². The molecule has 4 bridgehead atoms. The maximum absolute atomic E-state index is 13.3. The van der Waals surface area contributed by atoms with Gasteiger partial charge in [-0.25, -0.2) is 14.8 Å². The quantitative estimate of drug-likeness (QED) is 0.183. The van der Waals surface area contributed by atoms with Crippen LogP contribution < -0.4 is 5.32 Å². The van der Waals surface area contributed by atoms with Crippen LogP contribution in [0.25, 0.3) is 38.4 Å². The standard InChI is InChI=1S/C35H34N8O2S/c1-20-25(17-37-43(20)19-35-14-21-11-22(15-35)13-23(12-21)16-35)24-9-10-42-28(18-36-32(42)31(24)33(44)45-2)26-7-8-30(41-40-26)39-34-38-27-5-3-4-6-29(27)46-34/h3-10,17-18,21-23H,11-16,19H2,1-2H3,(H,38,39,41). The number of para-hydroxylation sites is 1. The lowest BCUT2D eigenvalue weighted by molar-refractivity contribution is -0.0638. The van der Waals surface area contributed by atoms with E-state index in [-0.39, 0.29) is 0 Å². The number of pyridine rings is 1. The van der Waals surface area contributed by atoms with Gasteiger partial charge in [-0.2, -0.15) is 5.10 Å². The minimum atomic E-state index is -0.438. The molecular formula is C35H34N8O2S. The van der Waals surface area contributed by atoms with Crippen molar-refractivity contribution in [3.8, 4) is 22.5 Å². The molecule has 46 heavy (non-hydrogen) atoms. The molecule has 0 radical (unpaired) electrons. The summed E-state index contributed by atoms with van der Waals surface area (Å²) in [7, 11) is 1.41. The Morgan fingerprint density at radius 1 is 1.00 bits per heavy atom. The van der Waals surface area contributed by atoms with Gasteiger partial charge in [-0.15, -0.1) is 10.2 Å². The Hall–Kier alpha value is -4.64. The molecule has 4 aliphatic carbocycles. The fourth-order valence-corrected chi connectivity index (χ4v) is 9.88. The summed E-state index contributed by atoms with van der Waals surface area (Å²) in [6.07, 6.45) is 13.8.